The molecule has 1 aromatic heterocycles. The number of para-hydroxylation sites is 1. The van der Waals surface area contributed by atoms with Gasteiger partial charge in [0, 0.05) is 42.9 Å². The highest BCUT2D eigenvalue weighted by Gasteiger charge is 2.32. The van der Waals surface area contributed by atoms with Crippen LogP contribution in [-0.4, -0.2) is 70.4 Å². The second-order valence-corrected chi connectivity index (χ2v) is 15.2. The lowest BCUT2D eigenvalue weighted by Gasteiger charge is -2.26. The van der Waals surface area contributed by atoms with Crippen LogP contribution < -0.4 is 38.9 Å². The number of aryl methyl sites for hydroxylation is 2. The highest BCUT2D eigenvalue weighted by atomic mass is 16.3. The molecule has 0 radical (unpaired) electrons. The van der Waals surface area contributed by atoms with Gasteiger partial charge in [-0.15, -0.1) is 0 Å². The Morgan fingerprint density at radius 1 is 0.807 bits per heavy atom. The number of nitrogens with two attached hydrogens (primary N) is 4. The number of rotatable bonds is 18. The third-order valence-electron chi connectivity index (χ3n) is 10.9. The maximum Gasteiger partial charge on any atom is 0.243 e. The van der Waals surface area contributed by atoms with E-state index in [1.165, 1.54) is 24.8 Å². The number of amides is 4. The Bertz CT molecular complexity index is 2030. The van der Waals surface area contributed by atoms with Crippen LogP contribution in [0.2, 0.25) is 0 Å². The molecule has 4 aromatic rings. The molecule has 14 nitrogen and oxygen atoms in total. The zero-order valence-corrected chi connectivity index (χ0v) is 32.9. The Morgan fingerprint density at radius 2 is 1.42 bits per heavy atom. The molecule has 5 rings (SSSR count). The van der Waals surface area contributed by atoms with Crippen molar-refractivity contribution in [3.05, 3.63) is 100 Å². The van der Waals surface area contributed by atoms with Crippen LogP contribution in [0.15, 0.2) is 71.9 Å². The number of fused-ring (bicyclic) bond motifs is 1. The molecular weight excluding hydrogens is 723 g/mol. The minimum atomic E-state index is -1.18. The van der Waals surface area contributed by atoms with Crippen molar-refractivity contribution in [3.63, 3.8) is 0 Å². The number of aliphatic imine (C=N–C) groups is 1. The number of phenolic OH excluding ortho intramolecular Hbond substituents is 1. The van der Waals surface area contributed by atoms with Crippen molar-refractivity contribution in [2.24, 2.45) is 27.9 Å². The predicted molar refractivity (Wildman–Crippen MR) is 222 cm³/mol. The summed E-state index contributed by atoms with van der Waals surface area (Å²) in [6, 6.07) is 14.5. The number of hydrogen-bond donors (Lipinski definition) is 9. The molecule has 0 bridgehead atoms. The molecule has 0 saturated heterocycles. The Hall–Kier alpha value is -5.89. The van der Waals surface area contributed by atoms with Gasteiger partial charge in [-0.1, -0.05) is 61.7 Å². The number of phenols is 1. The van der Waals surface area contributed by atoms with E-state index in [0.717, 1.165) is 40.4 Å². The maximum absolute atomic E-state index is 14.4. The van der Waals surface area contributed by atoms with Crippen LogP contribution in [0.1, 0.15) is 84.2 Å². The van der Waals surface area contributed by atoms with Crippen LogP contribution in [-0.2, 0) is 38.4 Å². The van der Waals surface area contributed by atoms with Gasteiger partial charge >= 0.3 is 0 Å². The third-order valence-corrected chi connectivity index (χ3v) is 10.9. The summed E-state index contributed by atoms with van der Waals surface area (Å²) in [7, 11) is 0. The molecule has 1 aliphatic carbocycles. The first-order chi connectivity index (χ1) is 27.3. The van der Waals surface area contributed by atoms with Gasteiger partial charge in [-0.2, -0.15) is 0 Å². The number of nitrogens with one attached hydrogen (secondary N) is 4. The summed E-state index contributed by atoms with van der Waals surface area (Å²) in [6.07, 6.45) is 8.75. The van der Waals surface area contributed by atoms with E-state index in [0.29, 0.717) is 23.5 Å². The molecule has 1 heterocycles. The first-order valence-electron chi connectivity index (χ1n) is 19.7. The molecular formula is C43H57N9O5. The number of aromatic hydroxyl groups is 1. The molecule has 0 unspecified atom stereocenters. The SMILES string of the molecule is Cc1cc(O)cc(C)c1C[C@H](NC(=O)[C@H](N)CCCN=C(N)N)C(=O)N[C@@H](Cc1c[nH]c2ccccc12)C(=O)N[C@@H](Cc1ccc(C2CCCCC2)cc1)C(N)=O. The molecule has 0 aliphatic heterocycles. The monoisotopic (exact) mass is 779 g/mol. The largest absolute Gasteiger partial charge is 0.508 e. The second kappa shape index (κ2) is 19.8. The van der Waals surface area contributed by atoms with Gasteiger partial charge in [-0.25, -0.2) is 0 Å². The van der Waals surface area contributed by atoms with Crippen LogP contribution in [0.25, 0.3) is 10.9 Å². The van der Waals surface area contributed by atoms with E-state index in [2.05, 4.69) is 38.1 Å². The lowest BCUT2D eigenvalue weighted by molar-refractivity contribution is -0.133. The molecule has 1 fully saturated rings. The summed E-state index contributed by atoms with van der Waals surface area (Å²) < 4.78 is 0. The van der Waals surface area contributed by atoms with Gasteiger partial charge < -0.3 is 49.0 Å². The average molecular weight is 780 g/mol. The Balaban J connectivity index is 1.39. The van der Waals surface area contributed by atoms with E-state index in [4.69, 9.17) is 22.9 Å². The van der Waals surface area contributed by atoms with Crippen LogP contribution >= 0.6 is 0 Å². The molecule has 57 heavy (non-hydrogen) atoms. The highest BCUT2D eigenvalue weighted by Crippen LogP contribution is 2.32. The van der Waals surface area contributed by atoms with Gasteiger partial charge in [0.1, 0.15) is 23.9 Å². The lowest BCUT2D eigenvalue weighted by atomic mass is 9.84. The van der Waals surface area contributed by atoms with Crippen molar-refractivity contribution < 1.29 is 24.3 Å². The number of carbonyl (C=O) groups excluding carboxylic acids is 4. The van der Waals surface area contributed by atoms with Gasteiger partial charge in [0.2, 0.25) is 23.6 Å². The summed E-state index contributed by atoms with van der Waals surface area (Å²) in [4.78, 5) is 62.0. The third kappa shape index (κ3) is 11.8. The molecule has 13 N–H and O–H groups in total. The first-order valence-corrected chi connectivity index (χ1v) is 19.7. The van der Waals surface area contributed by atoms with E-state index in [9.17, 15) is 24.3 Å². The quantitative estimate of drug-likeness (QED) is 0.0411. The number of guanidine groups is 1. The Morgan fingerprint density at radius 3 is 2.07 bits per heavy atom. The van der Waals surface area contributed by atoms with Crippen molar-refractivity contribution in [1.82, 2.24) is 20.9 Å². The highest BCUT2D eigenvalue weighted by molar-refractivity contribution is 5.95. The average Bonchev–Trinajstić information content (AvgIpc) is 3.59. The topological polar surface area (TPSA) is 257 Å². The fourth-order valence-electron chi connectivity index (χ4n) is 7.73. The number of nitrogens with zero attached hydrogens (tertiary/aromatic N) is 1. The van der Waals surface area contributed by atoms with Crippen molar-refractivity contribution in [3.8, 4) is 5.75 Å². The molecule has 3 aromatic carbocycles. The summed E-state index contributed by atoms with van der Waals surface area (Å²) >= 11 is 0. The van der Waals surface area contributed by atoms with E-state index >= 15 is 0 Å². The van der Waals surface area contributed by atoms with Crippen molar-refractivity contribution in [1.29, 1.82) is 0 Å². The maximum atomic E-state index is 14.4. The lowest BCUT2D eigenvalue weighted by Crippen LogP contribution is -2.58. The number of primary amides is 1. The smallest absolute Gasteiger partial charge is 0.243 e. The standard InChI is InChI=1S/C43H57N9O5/c1-25-19-31(53)20-26(2)33(25)23-38(51-40(55)34(44)12-8-18-48-43(46)47)42(57)52-37(22-30-24-49-35-13-7-6-11-32(30)35)41(56)50-36(39(45)54)21-27-14-16-29(17-15-27)28-9-4-3-5-10-28/h6-7,11,13-17,19-20,24,28,34,36-38,49,53H,3-5,8-10,12,18,21-23,44H2,1-2H3,(H2,45,54)(H,50,56)(H,51,55)(H,52,57)(H4,46,47,48)/t34-,36+,37+,38+/m1/s1. The summed E-state index contributed by atoms with van der Waals surface area (Å²) in [5, 5.41) is 19.6. The second-order valence-electron chi connectivity index (χ2n) is 15.2. The van der Waals surface area contributed by atoms with E-state index in [1.807, 2.05) is 36.4 Å². The van der Waals surface area contributed by atoms with Gasteiger partial charge in [0.25, 0.3) is 0 Å². The number of hydrogen-bond acceptors (Lipinski definition) is 7. The molecule has 14 heteroatoms. The molecule has 4 atom stereocenters. The zero-order chi connectivity index (χ0) is 41.1. The number of aromatic nitrogens is 1. The first kappa shape index (κ1) is 42.3. The minimum Gasteiger partial charge on any atom is -0.508 e. The van der Waals surface area contributed by atoms with E-state index in [-0.39, 0.29) is 43.9 Å². The number of aromatic amines is 1. The van der Waals surface area contributed by atoms with E-state index < -0.39 is 47.8 Å². The molecule has 4 amide bonds. The van der Waals surface area contributed by atoms with Crippen LogP contribution in [0.3, 0.4) is 0 Å². The molecule has 0 spiro atoms. The summed E-state index contributed by atoms with van der Waals surface area (Å²) in [5.41, 5.74) is 28.8. The molecule has 304 valence electrons. The normalized spacial score (nSPS) is 15.2. The van der Waals surface area contributed by atoms with Crippen molar-refractivity contribution in [2.45, 2.75) is 108 Å². The van der Waals surface area contributed by atoms with Crippen molar-refractivity contribution in [2.75, 3.05) is 6.54 Å². The fraction of sp³-hybridized carbons (Fsp3) is 0.419. The predicted octanol–water partition coefficient (Wildman–Crippen LogP) is 2.89. The van der Waals surface area contributed by atoms with Gasteiger partial charge in [-0.3, -0.25) is 24.2 Å². The van der Waals surface area contributed by atoms with Crippen LogP contribution in [0.4, 0.5) is 0 Å². The van der Waals surface area contributed by atoms with Crippen LogP contribution in [0.5, 0.6) is 5.75 Å². The number of carbonyl (C=O) groups is 4. The van der Waals surface area contributed by atoms with Gasteiger partial charge in [0.15, 0.2) is 5.96 Å². The molecule has 1 saturated carbocycles. The Labute approximate surface area is 333 Å². The summed E-state index contributed by atoms with van der Waals surface area (Å²) in [6.45, 7) is 3.88. The Kier molecular flexibility index (Phi) is 14.7. The minimum absolute atomic E-state index is 0.0401. The fourth-order valence-corrected chi connectivity index (χ4v) is 7.73. The van der Waals surface area contributed by atoms with Gasteiger partial charge in [0.05, 0.1) is 6.04 Å². The van der Waals surface area contributed by atoms with Crippen LogP contribution in [0, 0.1) is 13.8 Å². The summed E-state index contributed by atoms with van der Waals surface area (Å²) in [5.74, 6) is -2.02. The number of H-pyrrole nitrogens is 1. The van der Waals surface area contributed by atoms with Crippen molar-refractivity contribution >= 4 is 40.5 Å². The number of benzene rings is 3. The van der Waals surface area contributed by atoms with Gasteiger partial charge in [-0.05, 0) is 97.0 Å². The molecule has 1 aliphatic rings. The zero-order valence-electron chi connectivity index (χ0n) is 32.9. The van der Waals surface area contributed by atoms with E-state index in [1.54, 1.807) is 32.2 Å².